The van der Waals surface area contributed by atoms with Gasteiger partial charge in [0.05, 0.1) is 0 Å². The highest BCUT2D eigenvalue weighted by molar-refractivity contribution is 6.40. The minimum atomic E-state index is 0.473. The SMILES string of the molecule is CCCON=C(C)C(C)=NO. The molecule has 0 rings (SSSR count). The largest absolute Gasteiger partial charge is 0.411 e. The molecule has 4 nitrogen and oxygen atoms in total. The minimum Gasteiger partial charge on any atom is -0.411 e. The van der Waals surface area contributed by atoms with Crippen LogP contribution in [0.5, 0.6) is 0 Å². The highest BCUT2D eigenvalue weighted by Crippen LogP contribution is 1.86. The molecule has 0 unspecified atom stereocenters. The third-order valence-corrected chi connectivity index (χ3v) is 1.17. The summed E-state index contributed by atoms with van der Waals surface area (Å²) in [6, 6.07) is 0. The lowest BCUT2D eigenvalue weighted by molar-refractivity contribution is 0.145. The second kappa shape index (κ2) is 5.70. The van der Waals surface area contributed by atoms with E-state index in [1.165, 1.54) is 0 Å². The van der Waals surface area contributed by atoms with Gasteiger partial charge in [-0.25, -0.2) is 0 Å². The Morgan fingerprint density at radius 1 is 1.36 bits per heavy atom. The van der Waals surface area contributed by atoms with E-state index in [2.05, 4.69) is 10.3 Å². The molecule has 0 saturated carbocycles. The molecule has 0 spiro atoms. The molecule has 0 aromatic heterocycles. The highest BCUT2D eigenvalue weighted by atomic mass is 16.6. The lowest BCUT2D eigenvalue weighted by Gasteiger charge is -1.97. The van der Waals surface area contributed by atoms with Crippen molar-refractivity contribution in [2.24, 2.45) is 10.3 Å². The molecule has 11 heavy (non-hydrogen) atoms. The first kappa shape index (κ1) is 9.94. The van der Waals surface area contributed by atoms with Crippen molar-refractivity contribution in [2.75, 3.05) is 6.61 Å². The van der Waals surface area contributed by atoms with Gasteiger partial charge in [-0.1, -0.05) is 17.2 Å². The average Bonchev–Trinajstić information content (AvgIpc) is 2.03. The van der Waals surface area contributed by atoms with E-state index in [0.29, 0.717) is 18.0 Å². The van der Waals surface area contributed by atoms with E-state index in [4.69, 9.17) is 10.0 Å². The van der Waals surface area contributed by atoms with Crippen LogP contribution in [-0.2, 0) is 4.84 Å². The summed E-state index contributed by atoms with van der Waals surface area (Å²) in [7, 11) is 0. The number of nitrogens with zero attached hydrogens (tertiary/aromatic N) is 2. The lowest BCUT2D eigenvalue weighted by Crippen LogP contribution is -2.06. The Kier molecular flexibility index (Phi) is 5.15. The van der Waals surface area contributed by atoms with Gasteiger partial charge in [0.25, 0.3) is 0 Å². The zero-order valence-electron chi connectivity index (χ0n) is 7.16. The van der Waals surface area contributed by atoms with Crippen molar-refractivity contribution in [3.8, 4) is 0 Å². The Labute approximate surface area is 66.5 Å². The molecule has 0 amide bonds. The van der Waals surface area contributed by atoms with E-state index in [-0.39, 0.29) is 0 Å². The second-order valence-electron chi connectivity index (χ2n) is 2.20. The smallest absolute Gasteiger partial charge is 0.116 e. The lowest BCUT2D eigenvalue weighted by atomic mass is 10.3. The maximum absolute atomic E-state index is 8.31. The van der Waals surface area contributed by atoms with Crippen LogP contribution < -0.4 is 0 Å². The molecule has 64 valence electrons. The van der Waals surface area contributed by atoms with Crippen LogP contribution in [0.4, 0.5) is 0 Å². The molecule has 0 aromatic carbocycles. The number of hydrogen-bond donors (Lipinski definition) is 1. The number of rotatable bonds is 4. The molecule has 0 aromatic rings. The molecule has 0 bridgehead atoms. The number of oxime groups is 2. The van der Waals surface area contributed by atoms with E-state index >= 15 is 0 Å². The van der Waals surface area contributed by atoms with Gasteiger partial charge in [-0.3, -0.25) is 0 Å². The third-order valence-electron chi connectivity index (χ3n) is 1.17. The Bertz CT molecular complexity index is 164. The van der Waals surface area contributed by atoms with E-state index in [0.717, 1.165) is 6.42 Å². The molecule has 4 heteroatoms. The molecule has 1 N–H and O–H groups in total. The molecule has 0 aliphatic carbocycles. The van der Waals surface area contributed by atoms with Gasteiger partial charge in [0, 0.05) is 0 Å². The highest BCUT2D eigenvalue weighted by Gasteiger charge is 1.95. The van der Waals surface area contributed by atoms with Gasteiger partial charge >= 0.3 is 0 Å². The molecule has 0 radical (unpaired) electrons. The van der Waals surface area contributed by atoms with Crippen molar-refractivity contribution in [1.82, 2.24) is 0 Å². The van der Waals surface area contributed by atoms with Crippen LogP contribution in [0.3, 0.4) is 0 Å². The summed E-state index contributed by atoms with van der Waals surface area (Å²) in [6.07, 6.45) is 0.923. The van der Waals surface area contributed by atoms with Crippen LogP contribution in [-0.4, -0.2) is 23.2 Å². The molecule has 0 aliphatic rings. The first-order valence-corrected chi connectivity index (χ1v) is 3.58. The Balaban J connectivity index is 3.81. The van der Waals surface area contributed by atoms with Crippen LogP contribution in [0.15, 0.2) is 10.3 Å². The first-order chi connectivity index (χ1) is 5.22. The van der Waals surface area contributed by atoms with Crippen LogP contribution in [0.2, 0.25) is 0 Å². The zero-order valence-corrected chi connectivity index (χ0v) is 7.16. The monoisotopic (exact) mass is 158 g/mol. The quantitative estimate of drug-likeness (QED) is 0.292. The van der Waals surface area contributed by atoms with Gasteiger partial charge in [0.15, 0.2) is 0 Å². The predicted molar refractivity (Wildman–Crippen MR) is 44.2 cm³/mol. The summed E-state index contributed by atoms with van der Waals surface area (Å²) in [5, 5.41) is 15.0. The standard InChI is InChI=1S/C7H14N2O2/c1-4-5-11-9-7(3)6(2)8-10/h10H,4-5H2,1-3H3. The average molecular weight is 158 g/mol. The molecule has 0 atom stereocenters. The third kappa shape index (κ3) is 4.36. The normalized spacial score (nSPS) is 13.4. The molecule has 0 saturated heterocycles. The van der Waals surface area contributed by atoms with Crippen LogP contribution in [0.1, 0.15) is 27.2 Å². The van der Waals surface area contributed by atoms with Gasteiger partial charge < -0.3 is 10.0 Å². The zero-order chi connectivity index (χ0) is 8.69. The fraction of sp³-hybridized carbons (Fsp3) is 0.714. The molecule has 0 fully saturated rings. The molecule has 0 aliphatic heterocycles. The molecular formula is C7H14N2O2. The fourth-order valence-electron chi connectivity index (χ4n) is 0.372. The van der Waals surface area contributed by atoms with E-state index in [1.807, 2.05) is 6.92 Å². The minimum absolute atomic E-state index is 0.473. The van der Waals surface area contributed by atoms with Crippen molar-refractivity contribution in [1.29, 1.82) is 0 Å². The summed E-state index contributed by atoms with van der Waals surface area (Å²) in [5.74, 6) is 0. The Hall–Kier alpha value is -1.06. The van der Waals surface area contributed by atoms with E-state index < -0.39 is 0 Å². The summed E-state index contributed by atoms with van der Waals surface area (Å²) >= 11 is 0. The topological polar surface area (TPSA) is 54.2 Å². The maximum Gasteiger partial charge on any atom is 0.116 e. The van der Waals surface area contributed by atoms with Gasteiger partial charge in [-0.05, 0) is 20.3 Å². The van der Waals surface area contributed by atoms with Crippen LogP contribution in [0, 0.1) is 0 Å². The van der Waals surface area contributed by atoms with Gasteiger partial charge in [-0.2, -0.15) is 0 Å². The van der Waals surface area contributed by atoms with Gasteiger partial charge in [0.2, 0.25) is 0 Å². The first-order valence-electron chi connectivity index (χ1n) is 3.58. The van der Waals surface area contributed by atoms with Crippen LogP contribution in [0.25, 0.3) is 0 Å². The molecule has 0 heterocycles. The summed E-state index contributed by atoms with van der Waals surface area (Å²) in [4.78, 5) is 4.86. The van der Waals surface area contributed by atoms with Crippen molar-refractivity contribution >= 4 is 11.4 Å². The summed E-state index contributed by atoms with van der Waals surface area (Å²) < 4.78 is 0. The fourth-order valence-corrected chi connectivity index (χ4v) is 0.372. The summed E-state index contributed by atoms with van der Waals surface area (Å²) in [5.41, 5.74) is 1.07. The predicted octanol–water partition coefficient (Wildman–Crippen LogP) is 1.64. The van der Waals surface area contributed by atoms with Crippen molar-refractivity contribution in [3.63, 3.8) is 0 Å². The number of hydrogen-bond acceptors (Lipinski definition) is 4. The van der Waals surface area contributed by atoms with E-state index in [1.54, 1.807) is 13.8 Å². The Morgan fingerprint density at radius 3 is 2.45 bits per heavy atom. The van der Waals surface area contributed by atoms with E-state index in [9.17, 15) is 0 Å². The molecular weight excluding hydrogens is 144 g/mol. The summed E-state index contributed by atoms with van der Waals surface area (Å²) in [6.45, 7) is 5.98. The van der Waals surface area contributed by atoms with Crippen LogP contribution >= 0.6 is 0 Å². The van der Waals surface area contributed by atoms with Crippen molar-refractivity contribution in [3.05, 3.63) is 0 Å². The maximum atomic E-state index is 8.31. The Morgan fingerprint density at radius 2 is 2.00 bits per heavy atom. The van der Waals surface area contributed by atoms with Crippen molar-refractivity contribution in [2.45, 2.75) is 27.2 Å². The second-order valence-corrected chi connectivity index (χ2v) is 2.20. The van der Waals surface area contributed by atoms with Gasteiger partial charge in [0.1, 0.15) is 18.0 Å². The van der Waals surface area contributed by atoms with Crippen molar-refractivity contribution < 1.29 is 10.0 Å². The van der Waals surface area contributed by atoms with Gasteiger partial charge in [-0.15, -0.1) is 0 Å².